The average Bonchev–Trinajstić information content (AvgIpc) is 2.26. The number of phenols is 2. The Balaban J connectivity index is 3.04. The van der Waals surface area contributed by atoms with E-state index in [1.165, 1.54) is 6.92 Å². The summed E-state index contributed by atoms with van der Waals surface area (Å²) in [5.41, 5.74) is 5.00. The highest BCUT2D eigenvalue weighted by atomic mass is 19.3. The van der Waals surface area contributed by atoms with Crippen LogP contribution in [0.15, 0.2) is 18.2 Å². The van der Waals surface area contributed by atoms with Gasteiger partial charge >= 0.3 is 11.9 Å². The lowest BCUT2D eigenvalue weighted by Crippen LogP contribution is -2.41. The van der Waals surface area contributed by atoms with Gasteiger partial charge in [-0.2, -0.15) is 8.78 Å². The van der Waals surface area contributed by atoms with E-state index in [1.54, 1.807) is 0 Å². The molecule has 0 fully saturated rings. The van der Waals surface area contributed by atoms with Crippen molar-refractivity contribution in [1.29, 1.82) is 0 Å². The molecule has 0 aliphatic heterocycles. The fourth-order valence-corrected chi connectivity index (χ4v) is 1.36. The highest BCUT2D eigenvalue weighted by Crippen LogP contribution is 2.33. The number of hydrogen-bond acceptors (Lipinski definition) is 5. The number of benzene rings is 1. The molecule has 0 saturated heterocycles. The summed E-state index contributed by atoms with van der Waals surface area (Å²) in [5, 5.41) is 18.3. The number of halogens is 2. The van der Waals surface area contributed by atoms with Crippen LogP contribution in [0.4, 0.5) is 8.78 Å². The molecule has 0 aliphatic rings. The molecule has 7 heteroatoms. The predicted octanol–water partition coefficient (Wildman–Crippen LogP) is 1.30. The summed E-state index contributed by atoms with van der Waals surface area (Å²) < 4.78 is 31.4. The lowest BCUT2D eigenvalue weighted by Gasteiger charge is -2.22. The molecule has 0 bridgehead atoms. The fourth-order valence-electron chi connectivity index (χ4n) is 1.36. The maximum absolute atomic E-state index is 13.6. The van der Waals surface area contributed by atoms with Gasteiger partial charge in [0.1, 0.15) is 17.5 Å². The quantitative estimate of drug-likeness (QED) is 0.710. The summed E-state index contributed by atoms with van der Waals surface area (Å²) in [5.74, 6) is -6.56. The van der Waals surface area contributed by atoms with Crippen molar-refractivity contribution >= 4 is 5.97 Å². The second-order valence-corrected chi connectivity index (χ2v) is 3.60. The monoisotopic (exact) mass is 261 g/mol. The largest absolute Gasteiger partial charge is 0.508 e. The van der Waals surface area contributed by atoms with E-state index in [9.17, 15) is 23.8 Å². The Hall–Kier alpha value is -1.89. The summed E-state index contributed by atoms with van der Waals surface area (Å²) >= 11 is 0. The minimum Gasteiger partial charge on any atom is -0.508 e. The van der Waals surface area contributed by atoms with Gasteiger partial charge in [0.25, 0.3) is 0 Å². The van der Waals surface area contributed by atoms with Crippen LogP contribution in [0.3, 0.4) is 0 Å². The molecule has 100 valence electrons. The van der Waals surface area contributed by atoms with Crippen LogP contribution in [0.25, 0.3) is 0 Å². The van der Waals surface area contributed by atoms with Gasteiger partial charge < -0.3 is 20.7 Å². The van der Waals surface area contributed by atoms with Gasteiger partial charge in [-0.3, -0.25) is 0 Å². The summed E-state index contributed by atoms with van der Waals surface area (Å²) in [6.45, 7) is 1.19. The van der Waals surface area contributed by atoms with Crippen molar-refractivity contribution in [2.24, 2.45) is 5.73 Å². The summed E-state index contributed by atoms with van der Waals surface area (Å²) in [6.07, 6.45) is 0. The zero-order valence-electron chi connectivity index (χ0n) is 9.56. The minimum absolute atomic E-state index is 0.202. The van der Waals surface area contributed by atoms with Gasteiger partial charge in [0.15, 0.2) is 0 Å². The molecule has 18 heavy (non-hydrogen) atoms. The smallest absolute Gasteiger partial charge is 0.379 e. The van der Waals surface area contributed by atoms with Crippen molar-refractivity contribution in [2.45, 2.75) is 18.9 Å². The third-order valence-electron chi connectivity index (χ3n) is 2.22. The third kappa shape index (κ3) is 2.86. The number of rotatable bonds is 4. The zero-order chi connectivity index (χ0) is 13.9. The van der Waals surface area contributed by atoms with Crippen LogP contribution in [0.2, 0.25) is 0 Å². The maximum atomic E-state index is 13.6. The van der Waals surface area contributed by atoms with Crippen LogP contribution in [0.1, 0.15) is 18.5 Å². The first kappa shape index (κ1) is 14.2. The van der Waals surface area contributed by atoms with Crippen molar-refractivity contribution in [2.75, 3.05) is 6.61 Å². The first-order valence-electron chi connectivity index (χ1n) is 5.12. The molecule has 5 nitrogen and oxygen atoms in total. The second-order valence-electron chi connectivity index (χ2n) is 3.60. The van der Waals surface area contributed by atoms with E-state index in [4.69, 9.17) is 5.73 Å². The second kappa shape index (κ2) is 5.18. The van der Waals surface area contributed by atoms with Crippen molar-refractivity contribution in [3.63, 3.8) is 0 Å². The molecular weight excluding hydrogens is 248 g/mol. The SMILES string of the molecule is CCOC(=O)C(F)(F)[C@@H](N)c1cc(O)cc(O)c1. The van der Waals surface area contributed by atoms with E-state index in [1.807, 2.05) is 0 Å². The van der Waals surface area contributed by atoms with Crippen molar-refractivity contribution < 1.29 is 28.5 Å². The number of esters is 1. The van der Waals surface area contributed by atoms with Crippen LogP contribution in [-0.2, 0) is 9.53 Å². The Labute approximate surface area is 102 Å². The van der Waals surface area contributed by atoms with Gasteiger partial charge in [-0.1, -0.05) is 0 Å². The molecule has 0 amide bonds. The molecule has 1 rings (SSSR count). The Morgan fingerprint density at radius 1 is 1.39 bits per heavy atom. The van der Waals surface area contributed by atoms with E-state index in [0.29, 0.717) is 0 Å². The maximum Gasteiger partial charge on any atom is 0.379 e. The van der Waals surface area contributed by atoms with Crippen molar-refractivity contribution in [3.05, 3.63) is 23.8 Å². The van der Waals surface area contributed by atoms with Gasteiger partial charge in [-0.15, -0.1) is 0 Å². The molecule has 1 aromatic rings. The van der Waals surface area contributed by atoms with Gasteiger partial charge in [-0.25, -0.2) is 4.79 Å². The number of carbonyl (C=O) groups excluding carboxylic acids is 1. The lowest BCUT2D eigenvalue weighted by atomic mass is 10.0. The Bertz CT molecular complexity index is 430. The highest BCUT2D eigenvalue weighted by molar-refractivity contribution is 5.79. The van der Waals surface area contributed by atoms with Crippen LogP contribution < -0.4 is 5.73 Å². The standard InChI is InChI=1S/C11H13F2NO4/c1-2-18-10(17)11(12,13)9(14)6-3-7(15)5-8(16)4-6/h3-5,9,15-16H,2,14H2,1H3/t9-/m0/s1. The summed E-state index contributed by atoms with van der Waals surface area (Å²) in [4.78, 5) is 11.1. The van der Waals surface area contributed by atoms with Crippen LogP contribution >= 0.6 is 0 Å². The zero-order valence-corrected chi connectivity index (χ0v) is 9.56. The third-order valence-corrected chi connectivity index (χ3v) is 2.22. The summed E-state index contributed by atoms with van der Waals surface area (Å²) in [7, 11) is 0. The number of alkyl halides is 2. The van der Waals surface area contributed by atoms with Gasteiger partial charge in [-0.05, 0) is 24.6 Å². The first-order valence-corrected chi connectivity index (χ1v) is 5.12. The topological polar surface area (TPSA) is 92.8 Å². The fraction of sp³-hybridized carbons (Fsp3) is 0.364. The molecule has 0 spiro atoms. The van der Waals surface area contributed by atoms with Gasteiger partial charge in [0.05, 0.1) is 6.61 Å². The molecule has 0 unspecified atom stereocenters. The van der Waals surface area contributed by atoms with E-state index in [0.717, 1.165) is 18.2 Å². The van der Waals surface area contributed by atoms with E-state index < -0.39 is 29.4 Å². The molecule has 0 saturated carbocycles. The normalized spacial score (nSPS) is 13.1. The molecule has 0 aliphatic carbocycles. The Morgan fingerprint density at radius 2 is 1.89 bits per heavy atom. The van der Waals surface area contributed by atoms with Crippen LogP contribution in [0.5, 0.6) is 11.5 Å². The Morgan fingerprint density at radius 3 is 2.33 bits per heavy atom. The number of ether oxygens (including phenoxy) is 1. The van der Waals surface area contributed by atoms with Crippen molar-refractivity contribution in [3.8, 4) is 11.5 Å². The molecule has 1 atom stereocenters. The average molecular weight is 261 g/mol. The van der Waals surface area contributed by atoms with Crippen LogP contribution in [-0.4, -0.2) is 28.7 Å². The molecule has 0 aromatic heterocycles. The molecular formula is C11H13F2NO4. The Kier molecular flexibility index (Phi) is 4.07. The number of carbonyl (C=O) groups is 1. The summed E-state index contributed by atoms with van der Waals surface area (Å²) in [6, 6.07) is 0.822. The van der Waals surface area contributed by atoms with Crippen molar-refractivity contribution in [1.82, 2.24) is 0 Å². The predicted molar refractivity (Wildman–Crippen MR) is 58.3 cm³/mol. The van der Waals surface area contributed by atoms with Crippen LogP contribution in [0, 0.1) is 0 Å². The van der Waals surface area contributed by atoms with Gasteiger partial charge in [0.2, 0.25) is 0 Å². The van der Waals surface area contributed by atoms with E-state index in [-0.39, 0.29) is 12.2 Å². The number of aromatic hydroxyl groups is 2. The lowest BCUT2D eigenvalue weighted by molar-refractivity contribution is -0.174. The minimum atomic E-state index is -3.95. The molecule has 4 N–H and O–H groups in total. The number of hydrogen-bond donors (Lipinski definition) is 3. The van der Waals surface area contributed by atoms with E-state index >= 15 is 0 Å². The molecule has 0 radical (unpaired) electrons. The van der Waals surface area contributed by atoms with Gasteiger partial charge in [0, 0.05) is 6.07 Å². The number of phenolic OH excluding ortho intramolecular Hbond substituents is 2. The number of nitrogens with two attached hydrogens (primary N) is 1. The molecule has 1 aromatic carbocycles. The highest BCUT2D eigenvalue weighted by Gasteiger charge is 2.47. The van der Waals surface area contributed by atoms with E-state index in [2.05, 4.69) is 4.74 Å². The molecule has 0 heterocycles. The first-order chi connectivity index (χ1) is 8.28.